The van der Waals surface area contributed by atoms with Crippen molar-refractivity contribution >= 4 is 29.9 Å². The highest BCUT2D eigenvalue weighted by molar-refractivity contribution is 7.98. The first kappa shape index (κ1) is 20.0. The molecule has 0 atom stereocenters. The SMILES string of the molecule is C=N/C(=C\C(=NCSC)c1cccc(C(=C)N(C)C)c1)C(F)(F)F. The molecule has 0 saturated carbocycles. The average molecular weight is 355 g/mol. The topological polar surface area (TPSA) is 28.0 Å². The summed E-state index contributed by atoms with van der Waals surface area (Å²) in [6.07, 6.45) is -1.83. The van der Waals surface area contributed by atoms with Crippen molar-refractivity contribution in [3.63, 3.8) is 0 Å². The van der Waals surface area contributed by atoms with Crippen molar-refractivity contribution in [3.8, 4) is 0 Å². The van der Waals surface area contributed by atoms with E-state index < -0.39 is 11.9 Å². The standard InChI is InChI=1S/C17H20F3N3S/c1-12(23(3)4)13-7-6-8-14(9-13)15(22-11-24-5)10-16(21-2)17(18,19)20/h6-10H,1-2,11H2,3-5H3/b16-10-,22-15?. The van der Waals surface area contributed by atoms with E-state index in [0.29, 0.717) is 11.4 Å². The second kappa shape index (κ2) is 8.73. The summed E-state index contributed by atoms with van der Waals surface area (Å²) in [7, 11) is 3.70. The molecule has 0 aliphatic carbocycles. The highest BCUT2D eigenvalue weighted by Gasteiger charge is 2.33. The van der Waals surface area contributed by atoms with Crippen LogP contribution in [0.1, 0.15) is 11.1 Å². The summed E-state index contributed by atoms with van der Waals surface area (Å²) in [5.41, 5.74) is 1.26. The Morgan fingerprint density at radius 1 is 1.29 bits per heavy atom. The highest BCUT2D eigenvalue weighted by Crippen LogP contribution is 2.27. The Labute approximate surface area is 144 Å². The maximum atomic E-state index is 12.9. The quantitative estimate of drug-likeness (QED) is 0.675. The van der Waals surface area contributed by atoms with Gasteiger partial charge in [-0.1, -0.05) is 24.8 Å². The third-order valence-corrected chi connectivity index (χ3v) is 3.52. The van der Waals surface area contributed by atoms with Crippen LogP contribution < -0.4 is 0 Å². The second-order valence-corrected chi connectivity index (χ2v) is 5.90. The van der Waals surface area contributed by atoms with Gasteiger partial charge in [-0.05, 0) is 30.7 Å². The summed E-state index contributed by atoms with van der Waals surface area (Å²) in [6.45, 7) is 6.97. The molecular formula is C17H20F3N3S. The van der Waals surface area contributed by atoms with E-state index in [1.165, 1.54) is 11.8 Å². The third-order valence-electron chi connectivity index (χ3n) is 3.13. The Morgan fingerprint density at radius 2 is 1.92 bits per heavy atom. The molecule has 0 amide bonds. The molecular weight excluding hydrogens is 335 g/mol. The molecule has 0 radical (unpaired) electrons. The fourth-order valence-corrected chi connectivity index (χ4v) is 2.09. The number of nitrogens with zero attached hydrogens (tertiary/aromatic N) is 3. The number of hydrogen-bond donors (Lipinski definition) is 0. The van der Waals surface area contributed by atoms with Crippen LogP contribution in [0.5, 0.6) is 0 Å². The average Bonchev–Trinajstić information content (AvgIpc) is 2.53. The first-order chi connectivity index (χ1) is 11.2. The number of halogens is 3. The van der Waals surface area contributed by atoms with Crippen LogP contribution in [0.25, 0.3) is 5.70 Å². The molecule has 0 spiro atoms. The van der Waals surface area contributed by atoms with Gasteiger partial charge >= 0.3 is 6.18 Å². The Balaban J connectivity index is 3.38. The van der Waals surface area contributed by atoms with Crippen molar-refractivity contribution in [1.29, 1.82) is 0 Å². The lowest BCUT2D eigenvalue weighted by Gasteiger charge is -2.16. The first-order valence-corrected chi connectivity index (χ1v) is 8.36. The molecule has 0 aromatic heterocycles. The molecule has 3 nitrogen and oxygen atoms in total. The van der Waals surface area contributed by atoms with Crippen LogP contribution in [-0.2, 0) is 0 Å². The van der Waals surface area contributed by atoms with Gasteiger partial charge in [-0.3, -0.25) is 9.98 Å². The lowest BCUT2D eigenvalue weighted by Crippen LogP contribution is -2.13. The van der Waals surface area contributed by atoms with E-state index in [2.05, 4.69) is 23.3 Å². The van der Waals surface area contributed by atoms with Gasteiger partial charge in [-0.25, -0.2) is 0 Å². The van der Waals surface area contributed by atoms with Crippen LogP contribution in [-0.4, -0.2) is 49.7 Å². The zero-order chi connectivity index (χ0) is 18.3. The molecule has 0 fully saturated rings. The zero-order valence-corrected chi connectivity index (χ0v) is 14.7. The predicted octanol–water partition coefficient (Wildman–Crippen LogP) is 4.48. The normalized spacial score (nSPS) is 12.9. The van der Waals surface area contributed by atoms with Crippen LogP contribution >= 0.6 is 11.8 Å². The maximum Gasteiger partial charge on any atom is 0.433 e. The van der Waals surface area contributed by atoms with Crippen LogP contribution in [0.4, 0.5) is 13.2 Å². The molecule has 0 heterocycles. The summed E-state index contributed by atoms with van der Waals surface area (Å²) in [5.74, 6) is 0.340. The molecule has 24 heavy (non-hydrogen) atoms. The van der Waals surface area contributed by atoms with Crippen molar-refractivity contribution < 1.29 is 13.2 Å². The highest BCUT2D eigenvalue weighted by atomic mass is 32.2. The number of alkyl halides is 3. The predicted molar refractivity (Wildman–Crippen MR) is 97.8 cm³/mol. The van der Waals surface area contributed by atoms with Crippen molar-refractivity contribution in [3.05, 3.63) is 53.7 Å². The summed E-state index contributed by atoms with van der Waals surface area (Å²) in [6, 6.07) is 7.07. The third kappa shape index (κ3) is 5.56. The largest absolute Gasteiger partial charge is 0.433 e. The van der Waals surface area contributed by atoms with Crippen molar-refractivity contribution in [2.75, 3.05) is 26.2 Å². The smallest absolute Gasteiger partial charge is 0.378 e. The van der Waals surface area contributed by atoms with Crippen molar-refractivity contribution in [2.24, 2.45) is 9.98 Å². The minimum absolute atomic E-state index is 0.206. The number of aliphatic imine (C=N–C) groups is 2. The molecule has 130 valence electrons. The minimum atomic E-state index is -4.58. The molecule has 0 aliphatic heterocycles. The van der Waals surface area contributed by atoms with E-state index in [9.17, 15) is 13.2 Å². The van der Waals surface area contributed by atoms with E-state index in [1.807, 2.05) is 31.3 Å². The van der Waals surface area contributed by atoms with Crippen LogP contribution in [0, 0.1) is 0 Å². The Kier molecular flexibility index (Phi) is 7.28. The zero-order valence-electron chi connectivity index (χ0n) is 13.9. The molecule has 0 saturated heterocycles. The molecule has 1 aromatic carbocycles. The van der Waals surface area contributed by atoms with Gasteiger partial charge in [0.05, 0.1) is 11.6 Å². The van der Waals surface area contributed by atoms with E-state index in [1.54, 1.807) is 18.2 Å². The van der Waals surface area contributed by atoms with Gasteiger partial charge in [0.2, 0.25) is 0 Å². The van der Waals surface area contributed by atoms with Gasteiger partial charge in [0.25, 0.3) is 0 Å². The minimum Gasteiger partial charge on any atom is -0.378 e. The van der Waals surface area contributed by atoms with Crippen molar-refractivity contribution in [2.45, 2.75) is 6.18 Å². The van der Waals surface area contributed by atoms with Crippen LogP contribution in [0.2, 0.25) is 0 Å². The van der Waals surface area contributed by atoms with Gasteiger partial charge in [-0.2, -0.15) is 13.2 Å². The van der Waals surface area contributed by atoms with Crippen molar-refractivity contribution in [1.82, 2.24) is 4.90 Å². The Morgan fingerprint density at radius 3 is 2.42 bits per heavy atom. The maximum absolute atomic E-state index is 12.9. The molecule has 1 rings (SSSR count). The molecule has 1 aromatic rings. The first-order valence-electron chi connectivity index (χ1n) is 6.96. The van der Waals surface area contributed by atoms with E-state index >= 15 is 0 Å². The van der Waals surface area contributed by atoms with Gasteiger partial charge < -0.3 is 4.90 Å². The summed E-state index contributed by atoms with van der Waals surface area (Å²) < 4.78 is 38.8. The molecule has 0 bridgehead atoms. The molecule has 0 N–H and O–H groups in total. The number of rotatable bonds is 7. The summed E-state index contributed by atoms with van der Waals surface area (Å²) in [5, 5.41) is 0. The summed E-state index contributed by atoms with van der Waals surface area (Å²) >= 11 is 1.41. The Bertz CT molecular complexity index is 661. The number of allylic oxidation sites excluding steroid dienone is 2. The second-order valence-electron chi connectivity index (χ2n) is 5.07. The summed E-state index contributed by atoms with van der Waals surface area (Å²) in [4.78, 5) is 9.16. The van der Waals surface area contributed by atoms with E-state index in [4.69, 9.17) is 0 Å². The molecule has 0 aliphatic rings. The number of thioether (sulfide) groups is 1. The van der Waals surface area contributed by atoms with Crippen LogP contribution in [0.15, 0.2) is 52.6 Å². The van der Waals surface area contributed by atoms with Gasteiger partial charge in [0.1, 0.15) is 5.70 Å². The Hall–Kier alpha value is -2.02. The molecule has 0 unspecified atom stereocenters. The lowest BCUT2D eigenvalue weighted by molar-refractivity contribution is -0.0921. The lowest BCUT2D eigenvalue weighted by atomic mass is 10.0. The monoisotopic (exact) mass is 355 g/mol. The number of hydrogen-bond acceptors (Lipinski definition) is 4. The van der Waals surface area contributed by atoms with E-state index in [0.717, 1.165) is 17.3 Å². The van der Waals surface area contributed by atoms with Gasteiger partial charge in [0.15, 0.2) is 0 Å². The fraction of sp³-hybridized carbons (Fsp3) is 0.294. The number of benzene rings is 1. The molecule has 7 heteroatoms. The van der Waals surface area contributed by atoms with E-state index in [-0.39, 0.29) is 5.71 Å². The van der Waals surface area contributed by atoms with Crippen LogP contribution in [0.3, 0.4) is 0 Å². The van der Waals surface area contributed by atoms with Gasteiger partial charge in [0, 0.05) is 25.4 Å². The fourth-order valence-electron chi connectivity index (χ4n) is 1.82. The van der Waals surface area contributed by atoms with Gasteiger partial charge in [-0.15, -0.1) is 11.8 Å².